The quantitative estimate of drug-likeness (QED) is 0.604. The van der Waals surface area contributed by atoms with E-state index in [1.54, 1.807) is 0 Å². The number of fused-ring (bicyclic) bond motifs is 1. The molecule has 0 heterocycles. The summed E-state index contributed by atoms with van der Waals surface area (Å²) >= 11 is 3.46. The largest absolute Gasteiger partial charge is 0.292 e. The first-order valence-electron chi connectivity index (χ1n) is 5.02. The van der Waals surface area contributed by atoms with Crippen molar-refractivity contribution in [2.24, 2.45) is 0 Å². The van der Waals surface area contributed by atoms with Gasteiger partial charge in [0.25, 0.3) is 0 Å². The van der Waals surface area contributed by atoms with Gasteiger partial charge in [-0.25, -0.2) is 0 Å². The summed E-state index contributed by atoms with van der Waals surface area (Å²) in [7, 11) is 2.11. The summed E-state index contributed by atoms with van der Waals surface area (Å²) in [4.78, 5) is 2.24. The van der Waals surface area contributed by atoms with E-state index in [4.69, 9.17) is 0 Å². The van der Waals surface area contributed by atoms with Crippen molar-refractivity contribution >= 4 is 26.7 Å². The predicted octanol–water partition coefficient (Wildman–Crippen LogP) is 3.62. The number of rotatable bonds is 3. The highest BCUT2D eigenvalue weighted by molar-refractivity contribution is 9.09. The van der Waals surface area contributed by atoms with Crippen LogP contribution in [0.1, 0.15) is 5.56 Å². The average Bonchev–Trinajstić information content (AvgIpc) is 2.29. The first-order chi connectivity index (χ1) is 7.31. The number of halogens is 1. The maximum Gasteiger partial charge on any atom is 0.0542 e. The van der Waals surface area contributed by atoms with Gasteiger partial charge in [-0.3, -0.25) is 4.90 Å². The summed E-state index contributed by atoms with van der Waals surface area (Å²) in [6, 6.07) is 15.0. The SMILES string of the molecule is CN(CBr)Cc1cccc2ccccc12. The van der Waals surface area contributed by atoms with Gasteiger partial charge in [-0.2, -0.15) is 0 Å². The van der Waals surface area contributed by atoms with Crippen LogP contribution in [0, 0.1) is 0 Å². The van der Waals surface area contributed by atoms with Gasteiger partial charge in [-0.05, 0) is 23.4 Å². The van der Waals surface area contributed by atoms with E-state index < -0.39 is 0 Å². The second kappa shape index (κ2) is 4.77. The Kier molecular flexibility index (Phi) is 3.39. The molecule has 2 heteroatoms. The normalized spacial score (nSPS) is 11.1. The van der Waals surface area contributed by atoms with Crippen LogP contribution >= 0.6 is 15.9 Å². The molecule has 0 aromatic heterocycles. The molecule has 0 unspecified atom stereocenters. The Hall–Kier alpha value is -0.860. The number of benzene rings is 2. The summed E-state index contributed by atoms with van der Waals surface area (Å²) in [5.74, 6) is 0. The van der Waals surface area contributed by atoms with Crippen LogP contribution in [0.4, 0.5) is 0 Å². The van der Waals surface area contributed by atoms with Crippen LogP contribution in [-0.2, 0) is 6.54 Å². The third kappa shape index (κ3) is 2.39. The molecule has 0 spiro atoms. The minimum atomic E-state index is 0.899. The average molecular weight is 264 g/mol. The van der Waals surface area contributed by atoms with Crippen molar-refractivity contribution in [2.45, 2.75) is 6.54 Å². The highest BCUT2D eigenvalue weighted by atomic mass is 79.9. The Labute approximate surface area is 98.8 Å². The fraction of sp³-hybridized carbons (Fsp3) is 0.231. The monoisotopic (exact) mass is 263 g/mol. The van der Waals surface area contributed by atoms with Crippen LogP contribution < -0.4 is 0 Å². The maximum atomic E-state index is 3.46. The molecule has 0 aliphatic heterocycles. The highest BCUT2D eigenvalue weighted by Crippen LogP contribution is 2.19. The molecule has 0 N–H and O–H groups in total. The fourth-order valence-corrected chi connectivity index (χ4v) is 1.94. The zero-order valence-corrected chi connectivity index (χ0v) is 10.4. The van der Waals surface area contributed by atoms with Crippen molar-refractivity contribution in [2.75, 3.05) is 12.5 Å². The van der Waals surface area contributed by atoms with Crippen molar-refractivity contribution in [3.63, 3.8) is 0 Å². The third-order valence-corrected chi connectivity index (χ3v) is 3.38. The lowest BCUT2D eigenvalue weighted by atomic mass is 10.0. The molecule has 1 nitrogen and oxygen atoms in total. The standard InChI is InChI=1S/C13H14BrN/c1-15(10-14)9-12-7-4-6-11-5-2-3-8-13(11)12/h2-8H,9-10H2,1H3. The van der Waals surface area contributed by atoms with Gasteiger partial charge in [0, 0.05) is 6.54 Å². The Bertz CT molecular complexity index is 448. The molecule has 0 radical (unpaired) electrons. The van der Waals surface area contributed by atoms with E-state index in [0.717, 1.165) is 12.0 Å². The zero-order chi connectivity index (χ0) is 10.7. The van der Waals surface area contributed by atoms with Gasteiger partial charge >= 0.3 is 0 Å². The molecule has 0 aliphatic rings. The molecule has 0 atom stereocenters. The molecule has 0 aliphatic carbocycles. The fourth-order valence-electron chi connectivity index (χ4n) is 1.76. The third-order valence-electron chi connectivity index (χ3n) is 2.52. The molecule has 15 heavy (non-hydrogen) atoms. The van der Waals surface area contributed by atoms with E-state index in [0.29, 0.717) is 0 Å². The Morgan fingerprint density at radius 1 is 1.07 bits per heavy atom. The van der Waals surface area contributed by atoms with Gasteiger partial charge in [-0.15, -0.1) is 0 Å². The second-order valence-corrected chi connectivity index (χ2v) is 4.27. The van der Waals surface area contributed by atoms with Crippen LogP contribution in [0.25, 0.3) is 10.8 Å². The summed E-state index contributed by atoms with van der Waals surface area (Å²) in [5, 5.41) is 2.67. The lowest BCUT2D eigenvalue weighted by molar-refractivity contribution is 0.391. The van der Waals surface area contributed by atoms with Crippen LogP contribution in [0.2, 0.25) is 0 Å². The van der Waals surface area contributed by atoms with E-state index in [-0.39, 0.29) is 0 Å². The predicted molar refractivity (Wildman–Crippen MR) is 69.2 cm³/mol. The molecule has 0 saturated carbocycles. The zero-order valence-electron chi connectivity index (χ0n) is 8.78. The van der Waals surface area contributed by atoms with Gasteiger partial charge in [0.1, 0.15) is 0 Å². The van der Waals surface area contributed by atoms with Crippen LogP contribution in [0.15, 0.2) is 42.5 Å². The lowest BCUT2D eigenvalue weighted by Gasteiger charge is -2.14. The number of alkyl halides is 1. The van der Waals surface area contributed by atoms with Gasteiger partial charge < -0.3 is 0 Å². The van der Waals surface area contributed by atoms with Crippen molar-refractivity contribution in [1.29, 1.82) is 0 Å². The van der Waals surface area contributed by atoms with Gasteiger partial charge in [-0.1, -0.05) is 58.4 Å². The topological polar surface area (TPSA) is 3.24 Å². The first-order valence-corrected chi connectivity index (χ1v) is 6.14. The Balaban J connectivity index is 2.42. The van der Waals surface area contributed by atoms with Crippen LogP contribution in [-0.4, -0.2) is 17.4 Å². The minimum Gasteiger partial charge on any atom is -0.292 e. The summed E-state index contributed by atoms with van der Waals surface area (Å²) in [6.45, 7) is 0.979. The van der Waals surface area contributed by atoms with E-state index in [2.05, 4.69) is 70.3 Å². The molecule has 0 fully saturated rings. The van der Waals surface area contributed by atoms with Crippen LogP contribution in [0.5, 0.6) is 0 Å². The van der Waals surface area contributed by atoms with Gasteiger partial charge in [0.05, 0.1) is 5.45 Å². The molecule has 0 amide bonds. The minimum absolute atomic E-state index is 0.899. The Morgan fingerprint density at radius 3 is 2.60 bits per heavy atom. The smallest absolute Gasteiger partial charge is 0.0542 e. The van der Waals surface area contributed by atoms with E-state index in [1.807, 2.05) is 0 Å². The van der Waals surface area contributed by atoms with Gasteiger partial charge in [0.2, 0.25) is 0 Å². The molecule has 0 saturated heterocycles. The molecular weight excluding hydrogens is 250 g/mol. The molecule has 2 rings (SSSR count). The maximum absolute atomic E-state index is 3.46. The highest BCUT2D eigenvalue weighted by Gasteiger charge is 2.02. The Morgan fingerprint density at radius 2 is 1.80 bits per heavy atom. The van der Waals surface area contributed by atoms with Crippen molar-refractivity contribution in [3.8, 4) is 0 Å². The van der Waals surface area contributed by atoms with Crippen molar-refractivity contribution < 1.29 is 0 Å². The van der Waals surface area contributed by atoms with E-state index in [1.165, 1.54) is 16.3 Å². The first kappa shape index (κ1) is 10.7. The second-order valence-electron chi connectivity index (χ2n) is 3.77. The summed E-state index contributed by atoms with van der Waals surface area (Å²) in [6.07, 6.45) is 0. The molecular formula is C13H14BrN. The molecule has 0 bridgehead atoms. The van der Waals surface area contributed by atoms with Crippen molar-refractivity contribution in [1.82, 2.24) is 4.90 Å². The summed E-state index contributed by atoms with van der Waals surface area (Å²) in [5.41, 5.74) is 2.28. The number of hydrogen-bond acceptors (Lipinski definition) is 1. The van der Waals surface area contributed by atoms with E-state index >= 15 is 0 Å². The molecule has 2 aromatic carbocycles. The number of hydrogen-bond donors (Lipinski definition) is 0. The van der Waals surface area contributed by atoms with E-state index in [9.17, 15) is 0 Å². The molecule has 78 valence electrons. The van der Waals surface area contributed by atoms with Crippen molar-refractivity contribution in [3.05, 3.63) is 48.0 Å². The van der Waals surface area contributed by atoms with Crippen LogP contribution in [0.3, 0.4) is 0 Å². The van der Waals surface area contributed by atoms with Gasteiger partial charge in [0.15, 0.2) is 0 Å². The molecule has 2 aromatic rings. The number of nitrogens with zero attached hydrogens (tertiary/aromatic N) is 1. The lowest BCUT2D eigenvalue weighted by Crippen LogP contribution is -2.15. The summed E-state index contributed by atoms with van der Waals surface area (Å²) < 4.78 is 0.